The van der Waals surface area contributed by atoms with Crippen LogP contribution in [0.3, 0.4) is 0 Å². The smallest absolute Gasteiger partial charge is 0.262 e. The van der Waals surface area contributed by atoms with E-state index in [9.17, 15) is 19.8 Å². The van der Waals surface area contributed by atoms with Crippen molar-refractivity contribution < 1.29 is 24.5 Å². The topological polar surface area (TPSA) is 154 Å². The Balaban J connectivity index is 1.20. The zero-order valence-electron chi connectivity index (χ0n) is 26.2. The molecule has 3 aliphatic heterocycles. The summed E-state index contributed by atoms with van der Waals surface area (Å²) in [5, 5.41) is 25.3. The van der Waals surface area contributed by atoms with Crippen molar-refractivity contribution in [1.29, 1.82) is 0 Å². The van der Waals surface area contributed by atoms with Crippen molar-refractivity contribution in [3.05, 3.63) is 93.2 Å². The monoisotopic (exact) mass is 708 g/mol. The van der Waals surface area contributed by atoms with Gasteiger partial charge in [0.1, 0.15) is 27.7 Å². The number of amides is 1. The molecule has 1 aromatic heterocycles. The molecule has 2 fully saturated rings. The van der Waals surface area contributed by atoms with Crippen molar-refractivity contribution in [3.8, 4) is 0 Å². The molecule has 6 rings (SSSR count). The molecule has 2 aromatic carbocycles. The largest absolute Gasteiger partial charge is 0.506 e. The van der Waals surface area contributed by atoms with Crippen molar-refractivity contribution in [3.63, 3.8) is 0 Å². The second-order valence-corrected chi connectivity index (χ2v) is 13.9. The van der Waals surface area contributed by atoms with Crippen molar-refractivity contribution in [2.75, 3.05) is 37.0 Å². The minimum absolute atomic E-state index is 0.00899. The van der Waals surface area contributed by atoms with Crippen molar-refractivity contribution in [2.24, 2.45) is 11.1 Å². The number of nitrogens with one attached hydrogen (secondary N) is 1. The fourth-order valence-electron chi connectivity index (χ4n) is 6.39. The van der Waals surface area contributed by atoms with Crippen molar-refractivity contribution in [1.82, 2.24) is 14.9 Å². The fraction of sp³-hybridized carbons (Fsp3) is 0.324. The van der Waals surface area contributed by atoms with Crippen LogP contribution in [0.15, 0.2) is 81.8 Å². The molecule has 48 heavy (non-hydrogen) atoms. The number of nitrogens with two attached hydrogens (primary N) is 1. The van der Waals surface area contributed by atoms with Gasteiger partial charge in [0, 0.05) is 53.3 Å². The first kappa shape index (κ1) is 34.0. The highest BCUT2D eigenvalue weighted by Gasteiger charge is 2.47. The minimum atomic E-state index is -0.760. The van der Waals surface area contributed by atoms with Crippen LogP contribution >= 0.6 is 35.0 Å². The Labute approximate surface area is 292 Å². The lowest BCUT2D eigenvalue weighted by atomic mass is 9.73. The van der Waals surface area contributed by atoms with Crippen LogP contribution in [0.2, 0.25) is 10.0 Å². The summed E-state index contributed by atoms with van der Waals surface area (Å²) in [6.07, 6.45) is 4.92. The number of aliphatic hydroxyl groups excluding tert-OH is 2. The molecule has 1 amide bonds. The van der Waals surface area contributed by atoms with Crippen LogP contribution in [0.25, 0.3) is 5.57 Å². The number of aliphatic hydroxyl groups is 2. The summed E-state index contributed by atoms with van der Waals surface area (Å²) < 4.78 is 5.84. The van der Waals surface area contributed by atoms with Crippen LogP contribution in [0.4, 0.5) is 11.5 Å². The number of benzene rings is 2. The molecule has 0 radical (unpaired) electrons. The van der Waals surface area contributed by atoms with Gasteiger partial charge in [-0.2, -0.15) is 0 Å². The lowest BCUT2D eigenvalue weighted by molar-refractivity contribution is -0.112. The van der Waals surface area contributed by atoms with Crippen LogP contribution < -0.4 is 16.0 Å². The number of carbonyl (C=O) groups is 1. The summed E-state index contributed by atoms with van der Waals surface area (Å²) in [7, 11) is 1.57. The SMILES string of the molecule is C[C@@H]1OCC2(CCN(c3ncc(Sc4cccc(NC(=O)C5=C(O)C(c6cccc(Cl)c6)=CN(C)C5=C=O)c4Cl)nc3CO)CC2)[C@@H]1N. The number of hydrogen-bond acceptors (Lipinski definition) is 11. The molecule has 2 saturated heterocycles. The number of rotatable bonds is 7. The Bertz CT molecular complexity index is 1870. The van der Waals surface area contributed by atoms with Gasteiger partial charge in [0.15, 0.2) is 11.8 Å². The van der Waals surface area contributed by atoms with Crippen LogP contribution in [-0.4, -0.2) is 75.8 Å². The number of piperidine rings is 1. The number of likely N-dealkylation sites (N-methyl/N-ethyl adjacent to an activating group) is 1. The molecule has 14 heteroatoms. The van der Waals surface area contributed by atoms with E-state index in [1.54, 1.807) is 61.7 Å². The quantitative estimate of drug-likeness (QED) is 0.239. The number of carbonyl (C=O) groups excluding carboxylic acids is 2. The van der Waals surface area contributed by atoms with E-state index in [-0.39, 0.29) is 46.1 Å². The number of nitrogens with zero attached hydrogens (tertiary/aromatic N) is 4. The maximum atomic E-state index is 13.6. The van der Waals surface area contributed by atoms with Crippen molar-refractivity contribution >= 4 is 63.9 Å². The van der Waals surface area contributed by atoms with Crippen LogP contribution in [0.5, 0.6) is 0 Å². The molecule has 3 aromatic rings. The molecule has 2 atom stereocenters. The average Bonchev–Trinajstić information content (AvgIpc) is 3.35. The van der Waals surface area contributed by atoms with Gasteiger partial charge in [-0.05, 0) is 49.6 Å². The van der Waals surface area contributed by atoms with E-state index in [1.807, 2.05) is 6.92 Å². The minimum Gasteiger partial charge on any atom is -0.506 e. The normalized spacial score (nSPS) is 20.6. The Kier molecular flexibility index (Phi) is 9.87. The van der Waals surface area contributed by atoms with Gasteiger partial charge < -0.3 is 35.8 Å². The zero-order valence-corrected chi connectivity index (χ0v) is 28.6. The molecule has 250 valence electrons. The van der Waals surface area contributed by atoms with Crippen molar-refractivity contribution in [2.45, 2.75) is 48.4 Å². The molecule has 0 unspecified atom stereocenters. The Morgan fingerprint density at radius 3 is 2.65 bits per heavy atom. The number of halogens is 2. The predicted molar refractivity (Wildman–Crippen MR) is 185 cm³/mol. The molecule has 0 bridgehead atoms. The van der Waals surface area contributed by atoms with E-state index in [0.29, 0.717) is 44.2 Å². The highest BCUT2D eigenvalue weighted by molar-refractivity contribution is 7.99. The molecular weight excluding hydrogens is 675 g/mol. The second-order valence-electron chi connectivity index (χ2n) is 12.0. The van der Waals surface area contributed by atoms with E-state index in [4.69, 9.17) is 33.7 Å². The Hall–Kier alpha value is -3.87. The standard InChI is InChI=1S/C34H34Cl2N6O5S/c1-19-31(37)34(18-47-19)9-11-42(12-10-34)32-24(16-43)39-27(14-38-32)48-26-8-4-7-23(29(26)36)40-33(46)28-25(17-44)41(2)15-22(30(28)45)20-5-3-6-21(35)13-20/h3-8,13-15,19,31,43,45H,9-12,16,18,37H2,1-2H3,(H,40,46)/t19-,31+/m0/s1. The first-order chi connectivity index (χ1) is 23.0. The molecule has 4 heterocycles. The number of aromatic nitrogens is 2. The molecule has 5 N–H and O–H groups in total. The number of ether oxygens (including phenoxy) is 1. The third kappa shape index (κ3) is 6.45. The zero-order chi connectivity index (χ0) is 34.2. The lowest BCUT2D eigenvalue weighted by Crippen LogP contribution is -2.51. The van der Waals surface area contributed by atoms with Gasteiger partial charge in [-0.1, -0.05) is 53.2 Å². The number of anilines is 2. The van der Waals surface area contributed by atoms with E-state index >= 15 is 0 Å². The third-order valence-electron chi connectivity index (χ3n) is 9.15. The molecule has 0 aliphatic carbocycles. The van der Waals surface area contributed by atoms with Gasteiger partial charge >= 0.3 is 0 Å². The molecule has 3 aliphatic rings. The summed E-state index contributed by atoms with van der Waals surface area (Å²) in [5.74, 6) is 1.21. The van der Waals surface area contributed by atoms with Gasteiger partial charge in [0.25, 0.3) is 5.91 Å². The number of allylic oxidation sites excluding steroid dienone is 1. The van der Waals surface area contributed by atoms with Gasteiger partial charge in [0.2, 0.25) is 0 Å². The predicted octanol–water partition coefficient (Wildman–Crippen LogP) is 5.21. The number of hydrogen-bond donors (Lipinski definition) is 4. The Morgan fingerprint density at radius 1 is 1.23 bits per heavy atom. The van der Waals surface area contributed by atoms with Gasteiger partial charge in [-0.25, -0.2) is 14.8 Å². The lowest BCUT2D eigenvalue weighted by Gasteiger charge is -2.41. The first-order valence-corrected chi connectivity index (χ1v) is 16.9. The maximum Gasteiger partial charge on any atom is 0.262 e. The highest BCUT2D eigenvalue weighted by Crippen LogP contribution is 2.43. The fourth-order valence-corrected chi connectivity index (χ4v) is 7.70. The van der Waals surface area contributed by atoms with Crippen LogP contribution in [0, 0.1) is 5.41 Å². The van der Waals surface area contributed by atoms with Crippen LogP contribution in [0.1, 0.15) is 31.0 Å². The molecular formula is C34H34Cl2N6O5S. The van der Waals surface area contributed by atoms with E-state index in [2.05, 4.69) is 20.2 Å². The first-order valence-electron chi connectivity index (χ1n) is 15.3. The third-order valence-corrected chi connectivity index (χ3v) is 10.9. The highest BCUT2D eigenvalue weighted by atomic mass is 35.5. The van der Waals surface area contributed by atoms with E-state index < -0.39 is 11.7 Å². The Morgan fingerprint density at radius 2 is 1.98 bits per heavy atom. The van der Waals surface area contributed by atoms with Gasteiger partial charge in [-0.15, -0.1) is 0 Å². The summed E-state index contributed by atoms with van der Waals surface area (Å²) in [5.41, 5.74) is 7.56. The van der Waals surface area contributed by atoms with E-state index in [1.165, 1.54) is 22.9 Å². The van der Waals surface area contributed by atoms with Gasteiger partial charge in [-0.3, -0.25) is 4.79 Å². The summed E-state index contributed by atoms with van der Waals surface area (Å²) in [6, 6.07) is 11.8. The summed E-state index contributed by atoms with van der Waals surface area (Å²) in [4.78, 5) is 39.0. The second kappa shape index (κ2) is 13.9. The van der Waals surface area contributed by atoms with Crippen LogP contribution in [-0.2, 0) is 20.9 Å². The van der Waals surface area contributed by atoms with Gasteiger partial charge in [0.05, 0.1) is 36.2 Å². The summed E-state index contributed by atoms with van der Waals surface area (Å²) >= 11 is 14.1. The molecule has 0 saturated carbocycles. The summed E-state index contributed by atoms with van der Waals surface area (Å²) in [6.45, 7) is 3.83. The average molecular weight is 710 g/mol. The molecule has 1 spiro atoms. The molecule has 11 nitrogen and oxygen atoms in total. The van der Waals surface area contributed by atoms with E-state index in [0.717, 1.165) is 25.9 Å². The maximum absolute atomic E-state index is 13.6.